The third kappa shape index (κ3) is 4.21. The molecule has 3 heterocycles. The average molecular weight is 490 g/mol. The second-order valence-corrected chi connectivity index (χ2v) is 8.30. The van der Waals surface area contributed by atoms with Crippen molar-refractivity contribution < 1.29 is 28.2 Å². The lowest BCUT2D eigenvalue weighted by Crippen LogP contribution is -2.36. The molecular formula is C26H20F2N4O4. The van der Waals surface area contributed by atoms with Gasteiger partial charge < -0.3 is 24.5 Å². The van der Waals surface area contributed by atoms with Crippen molar-refractivity contribution in [2.24, 2.45) is 0 Å². The highest BCUT2D eigenvalue weighted by Gasteiger charge is 2.22. The lowest BCUT2D eigenvalue weighted by Gasteiger charge is -2.29. The SMILES string of the molecule is Cc1ccc(Oc2[nH]c3ccc(-c4c(F)cc(N5CCOCC5)cc4F)nc3c2C#N)cc1C(=O)O. The van der Waals surface area contributed by atoms with Gasteiger partial charge in [-0.25, -0.2) is 18.6 Å². The van der Waals surface area contributed by atoms with Gasteiger partial charge in [0.1, 0.15) is 34.5 Å². The van der Waals surface area contributed by atoms with Crippen molar-refractivity contribution in [2.45, 2.75) is 6.92 Å². The van der Waals surface area contributed by atoms with Gasteiger partial charge in [-0.3, -0.25) is 0 Å². The van der Waals surface area contributed by atoms with E-state index in [9.17, 15) is 15.2 Å². The molecule has 8 nitrogen and oxygen atoms in total. The zero-order valence-electron chi connectivity index (χ0n) is 19.1. The van der Waals surface area contributed by atoms with Crippen molar-refractivity contribution in [3.05, 3.63) is 70.8 Å². The topological polar surface area (TPSA) is 111 Å². The molecule has 0 spiro atoms. The lowest BCUT2D eigenvalue weighted by molar-refractivity contribution is 0.0695. The maximum Gasteiger partial charge on any atom is 0.336 e. The Morgan fingerprint density at radius 3 is 2.56 bits per heavy atom. The number of nitriles is 1. The van der Waals surface area contributed by atoms with Crippen LogP contribution in [0.4, 0.5) is 14.5 Å². The van der Waals surface area contributed by atoms with Gasteiger partial charge in [0, 0.05) is 18.8 Å². The Kier molecular flexibility index (Phi) is 6.00. The predicted molar refractivity (Wildman–Crippen MR) is 127 cm³/mol. The van der Waals surface area contributed by atoms with Crippen LogP contribution in [0.15, 0.2) is 42.5 Å². The summed E-state index contributed by atoms with van der Waals surface area (Å²) in [7, 11) is 0. The van der Waals surface area contributed by atoms with E-state index in [0.29, 0.717) is 43.1 Å². The summed E-state index contributed by atoms with van der Waals surface area (Å²) < 4.78 is 41.2. The molecule has 5 rings (SSSR count). The molecule has 0 unspecified atom stereocenters. The van der Waals surface area contributed by atoms with Gasteiger partial charge in [0.05, 0.1) is 35.6 Å². The van der Waals surface area contributed by atoms with E-state index in [1.807, 2.05) is 11.0 Å². The molecule has 0 saturated carbocycles. The number of aromatic nitrogens is 2. The highest BCUT2D eigenvalue weighted by molar-refractivity contribution is 5.90. The molecule has 0 atom stereocenters. The first-order chi connectivity index (χ1) is 17.4. The Labute approximate surface area is 204 Å². The molecule has 1 aliphatic heterocycles. The van der Waals surface area contributed by atoms with Crippen LogP contribution in [-0.2, 0) is 4.74 Å². The Hall–Kier alpha value is -4.49. The number of hydrogen-bond acceptors (Lipinski definition) is 6. The number of hydrogen-bond donors (Lipinski definition) is 2. The minimum absolute atomic E-state index is 0.0232. The fourth-order valence-electron chi connectivity index (χ4n) is 4.18. The molecule has 4 aromatic rings. The van der Waals surface area contributed by atoms with E-state index < -0.39 is 17.6 Å². The quantitative estimate of drug-likeness (QED) is 0.404. The molecule has 10 heteroatoms. The standard InChI is InChI=1S/C26H20F2N4O4/c1-14-2-3-16(12-17(14)26(33)34)36-25-18(13-29)24-22(31-25)5-4-21(30-24)23-19(27)10-15(11-20(23)28)32-6-8-35-9-7-32/h2-5,10-12,31H,6-9H2,1H3,(H,33,34). The number of carboxylic acids is 1. The second-order valence-electron chi connectivity index (χ2n) is 8.30. The summed E-state index contributed by atoms with van der Waals surface area (Å²) >= 11 is 0. The minimum Gasteiger partial charge on any atom is -0.478 e. The number of ether oxygens (including phenoxy) is 2. The van der Waals surface area contributed by atoms with Crippen LogP contribution in [0.5, 0.6) is 11.6 Å². The summed E-state index contributed by atoms with van der Waals surface area (Å²) in [5.74, 6) is -2.40. The van der Waals surface area contributed by atoms with Crippen molar-refractivity contribution >= 4 is 22.7 Å². The number of fused-ring (bicyclic) bond motifs is 1. The molecule has 1 fully saturated rings. The van der Waals surface area contributed by atoms with E-state index in [1.165, 1.54) is 24.3 Å². The third-order valence-corrected chi connectivity index (χ3v) is 6.04. The molecule has 1 aliphatic rings. The number of aryl methyl sites for hydroxylation is 1. The van der Waals surface area contributed by atoms with Crippen LogP contribution in [0.1, 0.15) is 21.5 Å². The number of H-pyrrole nitrogens is 1. The van der Waals surface area contributed by atoms with Gasteiger partial charge in [0.2, 0.25) is 5.88 Å². The van der Waals surface area contributed by atoms with E-state index in [1.54, 1.807) is 25.1 Å². The smallest absolute Gasteiger partial charge is 0.336 e. The number of pyridine rings is 1. The van der Waals surface area contributed by atoms with Crippen LogP contribution in [0, 0.1) is 29.9 Å². The normalized spacial score (nSPS) is 13.6. The third-order valence-electron chi connectivity index (χ3n) is 6.04. The van der Waals surface area contributed by atoms with Gasteiger partial charge in [-0.1, -0.05) is 6.07 Å². The van der Waals surface area contributed by atoms with Crippen LogP contribution < -0.4 is 9.64 Å². The van der Waals surface area contributed by atoms with E-state index in [0.717, 1.165) is 0 Å². The highest BCUT2D eigenvalue weighted by atomic mass is 19.1. The molecule has 2 aromatic carbocycles. The van der Waals surface area contributed by atoms with Crippen LogP contribution in [0.3, 0.4) is 0 Å². The summed E-state index contributed by atoms with van der Waals surface area (Å²) in [6, 6.07) is 12.1. The summed E-state index contributed by atoms with van der Waals surface area (Å²) in [6.07, 6.45) is 0. The first-order valence-electron chi connectivity index (χ1n) is 11.1. The first-order valence-corrected chi connectivity index (χ1v) is 11.1. The van der Waals surface area contributed by atoms with Gasteiger partial charge >= 0.3 is 5.97 Å². The zero-order valence-corrected chi connectivity index (χ0v) is 19.1. The molecule has 0 radical (unpaired) electrons. The number of aromatic amines is 1. The van der Waals surface area contributed by atoms with Crippen LogP contribution in [0.2, 0.25) is 0 Å². The Balaban J connectivity index is 1.52. The van der Waals surface area contributed by atoms with Gasteiger partial charge in [-0.2, -0.15) is 5.26 Å². The van der Waals surface area contributed by atoms with Gasteiger partial charge in [0.15, 0.2) is 0 Å². The molecule has 2 aromatic heterocycles. The lowest BCUT2D eigenvalue weighted by atomic mass is 10.1. The number of halogens is 2. The van der Waals surface area contributed by atoms with Gasteiger partial charge in [0.25, 0.3) is 0 Å². The Bertz CT molecular complexity index is 1510. The maximum atomic E-state index is 15.1. The zero-order chi connectivity index (χ0) is 25.4. The Morgan fingerprint density at radius 2 is 1.89 bits per heavy atom. The molecular weight excluding hydrogens is 470 g/mol. The molecule has 182 valence electrons. The summed E-state index contributed by atoms with van der Waals surface area (Å²) in [4.78, 5) is 20.6. The molecule has 0 aliphatic carbocycles. The minimum atomic E-state index is -1.11. The maximum absolute atomic E-state index is 15.1. The number of nitrogens with zero attached hydrogens (tertiary/aromatic N) is 3. The van der Waals surface area contributed by atoms with Gasteiger partial charge in [-0.05, 0) is 48.9 Å². The van der Waals surface area contributed by atoms with Crippen LogP contribution in [0.25, 0.3) is 22.3 Å². The monoisotopic (exact) mass is 490 g/mol. The van der Waals surface area contributed by atoms with Crippen LogP contribution in [-0.4, -0.2) is 47.3 Å². The summed E-state index contributed by atoms with van der Waals surface area (Å²) in [5, 5.41) is 19.1. The molecule has 0 amide bonds. The number of carbonyl (C=O) groups is 1. The number of nitrogens with one attached hydrogen (secondary N) is 1. The fraction of sp³-hybridized carbons (Fsp3) is 0.192. The molecule has 0 bridgehead atoms. The summed E-state index contributed by atoms with van der Waals surface area (Å²) in [5.41, 5.74) is 1.38. The van der Waals surface area contributed by atoms with Crippen LogP contribution >= 0.6 is 0 Å². The van der Waals surface area contributed by atoms with E-state index in [-0.39, 0.29) is 39.5 Å². The van der Waals surface area contributed by atoms with Crippen molar-refractivity contribution in [2.75, 3.05) is 31.2 Å². The number of anilines is 1. The Morgan fingerprint density at radius 1 is 1.17 bits per heavy atom. The van der Waals surface area contributed by atoms with Crippen molar-refractivity contribution in [3.63, 3.8) is 0 Å². The van der Waals surface area contributed by atoms with Crippen molar-refractivity contribution in [3.8, 4) is 29.0 Å². The van der Waals surface area contributed by atoms with Crippen molar-refractivity contribution in [1.29, 1.82) is 5.26 Å². The second kappa shape index (κ2) is 9.28. The molecule has 2 N–H and O–H groups in total. The highest BCUT2D eigenvalue weighted by Crippen LogP contribution is 2.34. The van der Waals surface area contributed by atoms with E-state index in [4.69, 9.17) is 9.47 Å². The number of benzene rings is 2. The number of aromatic carboxylic acids is 1. The summed E-state index contributed by atoms with van der Waals surface area (Å²) in [6.45, 7) is 3.70. The molecule has 1 saturated heterocycles. The first kappa shape index (κ1) is 23.3. The molecule has 36 heavy (non-hydrogen) atoms. The average Bonchev–Trinajstić information content (AvgIpc) is 3.21. The number of morpholine rings is 1. The predicted octanol–water partition coefficient (Wildman–Crippen LogP) is 5.02. The largest absolute Gasteiger partial charge is 0.478 e. The number of rotatable bonds is 5. The van der Waals surface area contributed by atoms with E-state index >= 15 is 8.78 Å². The van der Waals surface area contributed by atoms with E-state index in [2.05, 4.69) is 9.97 Å². The van der Waals surface area contributed by atoms with Crippen molar-refractivity contribution in [1.82, 2.24) is 9.97 Å². The fourth-order valence-corrected chi connectivity index (χ4v) is 4.18. The van der Waals surface area contributed by atoms with Gasteiger partial charge in [-0.15, -0.1) is 0 Å². The number of carboxylic acid groups (broad SMARTS) is 1.